The van der Waals surface area contributed by atoms with E-state index >= 15 is 0 Å². The Morgan fingerprint density at radius 1 is 1.25 bits per heavy atom. The molecule has 0 N–H and O–H groups in total. The molecular formula is C23H21N3O4S2. The minimum Gasteiger partial charge on any atom is -0.381 e. The predicted octanol–water partition coefficient (Wildman–Crippen LogP) is 3.37. The van der Waals surface area contributed by atoms with Gasteiger partial charge in [-0.05, 0) is 29.8 Å². The van der Waals surface area contributed by atoms with E-state index in [2.05, 4.69) is 23.2 Å². The van der Waals surface area contributed by atoms with Gasteiger partial charge in [0.05, 0.1) is 15.6 Å². The number of ether oxygens (including phenoxy) is 2. The molecule has 0 spiro atoms. The van der Waals surface area contributed by atoms with Crippen molar-refractivity contribution in [2.24, 2.45) is 4.99 Å². The topological polar surface area (TPSA) is 71.4 Å². The van der Waals surface area contributed by atoms with Crippen molar-refractivity contribution < 1.29 is 19.1 Å². The molecule has 1 saturated heterocycles. The molecule has 7 nitrogen and oxygen atoms in total. The Hall–Kier alpha value is -2.64. The number of anilines is 2. The van der Waals surface area contributed by atoms with Gasteiger partial charge >= 0.3 is 5.91 Å². The van der Waals surface area contributed by atoms with Crippen molar-refractivity contribution in [1.29, 1.82) is 0 Å². The number of fused-ring (bicyclic) bond motifs is 3. The van der Waals surface area contributed by atoms with E-state index in [1.807, 2.05) is 12.1 Å². The minimum absolute atomic E-state index is 0.0395. The first-order chi connectivity index (χ1) is 15.6. The third kappa shape index (κ3) is 3.44. The lowest BCUT2D eigenvalue weighted by Crippen LogP contribution is -2.48. The van der Waals surface area contributed by atoms with Crippen LogP contribution in [0.2, 0.25) is 0 Å². The average Bonchev–Trinajstić information content (AvgIpc) is 3.46. The number of thiophene rings is 1. The third-order valence-corrected chi connectivity index (χ3v) is 8.54. The fraction of sp³-hybridized carbons (Fsp3) is 0.348. The highest BCUT2D eigenvalue weighted by molar-refractivity contribution is 8.00. The van der Waals surface area contributed by atoms with Crippen LogP contribution in [0.3, 0.4) is 0 Å². The maximum atomic E-state index is 12.6. The van der Waals surface area contributed by atoms with Crippen LogP contribution in [0.5, 0.6) is 0 Å². The molecule has 1 fully saturated rings. The number of amidine groups is 1. The lowest BCUT2D eigenvalue weighted by Gasteiger charge is -2.35. The van der Waals surface area contributed by atoms with Crippen LogP contribution in [0.1, 0.15) is 23.3 Å². The minimum atomic E-state index is -0.445. The van der Waals surface area contributed by atoms with Crippen LogP contribution in [0, 0.1) is 12.5 Å². The van der Waals surface area contributed by atoms with E-state index in [9.17, 15) is 9.59 Å². The number of aliphatic imine (C=N–C) groups is 1. The lowest BCUT2D eigenvalue weighted by molar-refractivity contribution is -0.117. The van der Waals surface area contributed by atoms with Gasteiger partial charge in [0.2, 0.25) is 5.84 Å². The van der Waals surface area contributed by atoms with Crippen molar-refractivity contribution in [3.05, 3.63) is 40.8 Å². The number of thioether (sulfide) groups is 1. The summed E-state index contributed by atoms with van der Waals surface area (Å²) < 4.78 is 12.6. The number of carbonyl (C=O) groups is 2. The molecule has 1 aromatic carbocycles. The Balaban J connectivity index is 1.37. The van der Waals surface area contributed by atoms with Crippen LogP contribution < -0.4 is 9.80 Å². The summed E-state index contributed by atoms with van der Waals surface area (Å²) in [5, 5.41) is 0. The van der Waals surface area contributed by atoms with Gasteiger partial charge in [-0.15, -0.1) is 23.1 Å². The van der Waals surface area contributed by atoms with Crippen molar-refractivity contribution in [2.45, 2.75) is 28.4 Å². The molecule has 4 heterocycles. The monoisotopic (exact) mass is 467 g/mol. The Morgan fingerprint density at radius 2 is 2.06 bits per heavy atom. The molecule has 2 aromatic rings. The number of methoxy groups -OCH3 is 1. The molecule has 0 saturated carbocycles. The van der Waals surface area contributed by atoms with Crippen LogP contribution in [0.4, 0.5) is 11.4 Å². The molecule has 0 bridgehead atoms. The molecule has 0 unspecified atom stereocenters. The van der Waals surface area contributed by atoms with Gasteiger partial charge < -0.3 is 9.47 Å². The number of amides is 2. The summed E-state index contributed by atoms with van der Waals surface area (Å²) in [5.41, 5.74) is 1.90. The molecule has 164 valence electrons. The zero-order valence-corrected chi connectivity index (χ0v) is 19.1. The fourth-order valence-corrected chi connectivity index (χ4v) is 6.52. The average molecular weight is 468 g/mol. The van der Waals surface area contributed by atoms with Crippen molar-refractivity contribution in [3.63, 3.8) is 0 Å². The first-order valence-corrected chi connectivity index (χ1v) is 12.0. The molecule has 1 aromatic heterocycles. The fourth-order valence-electron chi connectivity index (χ4n) is 4.23. The molecule has 32 heavy (non-hydrogen) atoms. The summed E-state index contributed by atoms with van der Waals surface area (Å²) in [6, 6.07) is 12.3. The molecule has 0 atom stereocenters. The summed E-state index contributed by atoms with van der Waals surface area (Å²) >= 11 is 3.48. The van der Waals surface area contributed by atoms with E-state index < -0.39 is 5.91 Å². The zero-order valence-electron chi connectivity index (χ0n) is 17.5. The number of benzene rings is 1. The number of rotatable bonds is 5. The second-order valence-electron chi connectivity index (χ2n) is 7.68. The molecule has 0 aliphatic carbocycles. The van der Waals surface area contributed by atoms with E-state index in [-0.39, 0.29) is 23.9 Å². The van der Waals surface area contributed by atoms with E-state index in [4.69, 9.17) is 15.9 Å². The quantitative estimate of drug-likeness (QED) is 0.498. The molecule has 5 rings (SSSR count). The van der Waals surface area contributed by atoms with Gasteiger partial charge in [-0.1, -0.05) is 12.5 Å². The van der Waals surface area contributed by atoms with E-state index in [0.29, 0.717) is 24.6 Å². The van der Waals surface area contributed by atoms with Crippen molar-refractivity contribution in [1.82, 2.24) is 0 Å². The second kappa shape index (κ2) is 8.37. The van der Waals surface area contributed by atoms with Crippen LogP contribution >= 0.6 is 23.1 Å². The highest BCUT2D eigenvalue weighted by atomic mass is 32.2. The zero-order chi connectivity index (χ0) is 22.3. The predicted molar refractivity (Wildman–Crippen MR) is 125 cm³/mol. The maximum Gasteiger partial charge on any atom is 0.306 e. The SMILES string of the molecule is C#CN1C(=O)C2=NCC(=O)N2c2cc(CSc3ccc(C4(OC)CCOCC4)s3)ccc21. The number of hydrogen-bond donors (Lipinski definition) is 0. The molecular weight excluding hydrogens is 446 g/mol. The van der Waals surface area contributed by atoms with Crippen molar-refractivity contribution >= 4 is 52.1 Å². The van der Waals surface area contributed by atoms with Gasteiger partial charge in [0, 0.05) is 49.8 Å². The Morgan fingerprint density at radius 3 is 2.81 bits per heavy atom. The van der Waals surface area contributed by atoms with Gasteiger partial charge in [0.25, 0.3) is 5.91 Å². The van der Waals surface area contributed by atoms with Crippen LogP contribution in [0.25, 0.3) is 0 Å². The normalized spacial score (nSPS) is 19.4. The number of nitrogens with zero attached hydrogens (tertiary/aromatic N) is 3. The Bertz CT molecular complexity index is 1160. The first kappa shape index (κ1) is 21.2. The molecule has 3 aliphatic heterocycles. The summed E-state index contributed by atoms with van der Waals surface area (Å²) in [5.74, 6) is 0.142. The molecule has 2 amide bonds. The summed E-state index contributed by atoms with van der Waals surface area (Å²) in [6.45, 7) is 1.38. The van der Waals surface area contributed by atoms with Gasteiger partial charge in [0.15, 0.2) is 0 Å². The molecule has 3 aliphatic rings. The summed E-state index contributed by atoms with van der Waals surface area (Å²) in [7, 11) is 1.77. The van der Waals surface area contributed by atoms with E-state index in [1.165, 1.54) is 18.9 Å². The van der Waals surface area contributed by atoms with Crippen LogP contribution in [0.15, 0.2) is 39.5 Å². The van der Waals surface area contributed by atoms with Crippen molar-refractivity contribution in [3.8, 4) is 12.5 Å². The summed E-state index contributed by atoms with van der Waals surface area (Å²) in [4.78, 5) is 32.8. The van der Waals surface area contributed by atoms with Gasteiger partial charge in [-0.3, -0.25) is 19.5 Å². The second-order valence-corrected chi connectivity index (χ2v) is 10.0. The maximum absolute atomic E-state index is 12.6. The van der Waals surface area contributed by atoms with Gasteiger partial charge in [-0.2, -0.15) is 0 Å². The highest BCUT2D eigenvalue weighted by Gasteiger charge is 2.41. The van der Waals surface area contributed by atoms with Crippen LogP contribution in [-0.2, 0) is 30.4 Å². The third-order valence-electron chi connectivity index (χ3n) is 5.97. The first-order valence-electron chi connectivity index (χ1n) is 10.2. The highest BCUT2D eigenvalue weighted by Crippen LogP contribution is 2.43. The van der Waals surface area contributed by atoms with E-state index in [1.54, 1.807) is 36.3 Å². The number of terminal acetylenes is 1. The van der Waals surface area contributed by atoms with Gasteiger partial charge in [-0.25, -0.2) is 4.90 Å². The largest absolute Gasteiger partial charge is 0.381 e. The number of carbonyl (C=O) groups excluding carboxylic acids is 2. The molecule has 9 heteroatoms. The Labute approximate surface area is 194 Å². The standard InChI is InChI=1S/C23H21N3O4S2/c1-3-25-16-5-4-15(12-17(16)26-19(27)13-24-21(26)22(25)28)14-31-20-7-6-18(32-20)23(29-2)8-10-30-11-9-23/h1,4-7,12H,8-11,13-14H2,2H3. The Kier molecular flexibility index (Phi) is 5.55. The lowest BCUT2D eigenvalue weighted by atomic mass is 9.92. The van der Waals surface area contributed by atoms with Crippen LogP contribution in [-0.4, -0.2) is 44.5 Å². The summed E-state index contributed by atoms with van der Waals surface area (Å²) in [6.07, 6.45) is 7.28. The van der Waals surface area contributed by atoms with Crippen molar-refractivity contribution in [2.75, 3.05) is 36.7 Å². The van der Waals surface area contributed by atoms with E-state index in [0.717, 1.165) is 24.2 Å². The van der Waals surface area contributed by atoms with Gasteiger partial charge in [0.1, 0.15) is 12.1 Å². The number of hydrogen-bond acceptors (Lipinski definition) is 7. The smallest absolute Gasteiger partial charge is 0.306 e. The molecule has 0 radical (unpaired) electrons.